The third-order valence-electron chi connectivity index (χ3n) is 3.42. The number of hydrogen-bond donors (Lipinski definition) is 0. The van der Waals surface area contributed by atoms with Gasteiger partial charge in [0, 0.05) is 39.1 Å². The van der Waals surface area contributed by atoms with Gasteiger partial charge in [-0.3, -0.25) is 9.69 Å². The van der Waals surface area contributed by atoms with Crippen LogP contribution in [0.4, 0.5) is 5.13 Å². The van der Waals surface area contributed by atoms with Crippen molar-refractivity contribution in [1.82, 2.24) is 9.88 Å². The van der Waals surface area contributed by atoms with Crippen LogP contribution in [-0.4, -0.2) is 47.9 Å². The third kappa shape index (κ3) is 2.72. The monoisotopic (exact) mass is 267 g/mol. The van der Waals surface area contributed by atoms with E-state index < -0.39 is 0 Å². The predicted molar refractivity (Wildman–Crippen MR) is 75.8 cm³/mol. The van der Waals surface area contributed by atoms with Crippen LogP contribution in [0, 0.1) is 6.92 Å². The third-order valence-corrected chi connectivity index (χ3v) is 4.74. The van der Waals surface area contributed by atoms with Crippen LogP contribution in [0.2, 0.25) is 0 Å². The second-order valence-corrected chi connectivity index (χ2v) is 6.06. The molecule has 100 valence electrons. The van der Waals surface area contributed by atoms with Gasteiger partial charge in [-0.05, 0) is 20.8 Å². The molecule has 1 aliphatic rings. The molecule has 0 radical (unpaired) electrons. The van der Waals surface area contributed by atoms with E-state index >= 15 is 0 Å². The molecule has 0 saturated carbocycles. The highest BCUT2D eigenvalue weighted by Gasteiger charge is 2.22. The summed E-state index contributed by atoms with van der Waals surface area (Å²) in [5.74, 6) is 0.122. The lowest BCUT2D eigenvalue weighted by Crippen LogP contribution is -2.48. The maximum Gasteiger partial charge on any atom is 0.186 e. The molecule has 2 heterocycles. The van der Waals surface area contributed by atoms with E-state index in [0.29, 0.717) is 6.04 Å². The summed E-state index contributed by atoms with van der Waals surface area (Å²) in [5.41, 5.74) is 0.869. The fourth-order valence-corrected chi connectivity index (χ4v) is 3.29. The zero-order valence-electron chi connectivity index (χ0n) is 11.6. The first-order chi connectivity index (χ1) is 8.49. The fourth-order valence-electron chi connectivity index (χ4n) is 2.27. The highest BCUT2D eigenvalue weighted by molar-refractivity contribution is 7.17. The molecule has 1 aromatic heterocycles. The molecule has 0 spiro atoms. The van der Waals surface area contributed by atoms with Crippen molar-refractivity contribution < 1.29 is 4.79 Å². The van der Waals surface area contributed by atoms with Crippen molar-refractivity contribution in [2.24, 2.45) is 0 Å². The Bertz CT molecular complexity index is 433. The van der Waals surface area contributed by atoms with E-state index in [1.807, 2.05) is 6.92 Å². The van der Waals surface area contributed by atoms with Crippen LogP contribution in [0.5, 0.6) is 0 Å². The van der Waals surface area contributed by atoms with E-state index in [1.54, 1.807) is 6.92 Å². The molecule has 1 aromatic rings. The molecule has 4 nitrogen and oxygen atoms in total. The SMILES string of the molecule is CC(=O)c1sc(N2CCN(C(C)C)CC2)nc1C. The molecule has 0 aliphatic carbocycles. The van der Waals surface area contributed by atoms with Gasteiger partial charge >= 0.3 is 0 Å². The largest absolute Gasteiger partial charge is 0.346 e. The Labute approximate surface area is 113 Å². The zero-order chi connectivity index (χ0) is 13.3. The number of rotatable bonds is 3. The number of ketones is 1. The van der Waals surface area contributed by atoms with E-state index in [-0.39, 0.29) is 5.78 Å². The molecule has 0 aromatic carbocycles. The first-order valence-corrected chi connectivity index (χ1v) is 7.28. The van der Waals surface area contributed by atoms with Crippen LogP contribution in [-0.2, 0) is 0 Å². The van der Waals surface area contributed by atoms with Crippen molar-refractivity contribution in [1.29, 1.82) is 0 Å². The molecule has 2 rings (SSSR count). The van der Waals surface area contributed by atoms with Gasteiger partial charge in [0.05, 0.1) is 10.6 Å². The quantitative estimate of drug-likeness (QED) is 0.787. The summed E-state index contributed by atoms with van der Waals surface area (Å²) in [4.78, 5) is 21.5. The molecule has 0 atom stereocenters. The lowest BCUT2D eigenvalue weighted by Gasteiger charge is -2.36. The van der Waals surface area contributed by atoms with Gasteiger partial charge in [0.1, 0.15) is 0 Å². The number of nitrogens with zero attached hydrogens (tertiary/aromatic N) is 3. The molecule has 1 saturated heterocycles. The van der Waals surface area contributed by atoms with Crippen LogP contribution < -0.4 is 4.90 Å². The molecule has 18 heavy (non-hydrogen) atoms. The van der Waals surface area contributed by atoms with Crippen LogP contribution in [0.1, 0.15) is 36.1 Å². The van der Waals surface area contributed by atoms with E-state index in [9.17, 15) is 4.79 Å². The molecule has 0 N–H and O–H groups in total. The number of carbonyl (C=O) groups excluding carboxylic acids is 1. The van der Waals surface area contributed by atoms with Crippen molar-refractivity contribution in [2.75, 3.05) is 31.1 Å². The number of aromatic nitrogens is 1. The number of hydrogen-bond acceptors (Lipinski definition) is 5. The van der Waals surface area contributed by atoms with Crippen molar-refractivity contribution in [3.05, 3.63) is 10.6 Å². The van der Waals surface area contributed by atoms with Gasteiger partial charge in [0.2, 0.25) is 0 Å². The smallest absolute Gasteiger partial charge is 0.186 e. The Morgan fingerprint density at radius 2 is 1.89 bits per heavy atom. The lowest BCUT2D eigenvalue weighted by atomic mass is 10.2. The summed E-state index contributed by atoms with van der Waals surface area (Å²) in [7, 11) is 0. The molecular formula is C13H21N3OS. The average molecular weight is 267 g/mol. The highest BCUT2D eigenvalue weighted by Crippen LogP contribution is 2.27. The van der Waals surface area contributed by atoms with Crippen molar-refractivity contribution >= 4 is 22.3 Å². The minimum Gasteiger partial charge on any atom is -0.346 e. The second kappa shape index (κ2) is 5.36. The van der Waals surface area contributed by atoms with Crippen LogP contribution in [0.25, 0.3) is 0 Å². The first-order valence-electron chi connectivity index (χ1n) is 6.46. The molecule has 0 bridgehead atoms. The molecule has 5 heteroatoms. The normalized spacial score (nSPS) is 17.5. The second-order valence-electron chi connectivity index (χ2n) is 5.08. The van der Waals surface area contributed by atoms with Crippen molar-refractivity contribution in [3.63, 3.8) is 0 Å². The fraction of sp³-hybridized carbons (Fsp3) is 0.692. The van der Waals surface area contributed by atoms with Crippen LogP contribution in [0.3, 0.4) is 0 Å². The molecular weight excluding hydrogens is 246 g/mol. The van der Waals surface area contributed by atoms with E-state index in [1.165, 1.54) is 11.3 Å². The summed E-state index contributed by atoms with van der Waals surface area (Å²) in [5, 5.41) is 1.00. The Morgan fingerprint density at radius 3 is 2.33 bits per heavy atom. The summed E-state index contributed by atoms with van der Waals surface area (Å²) < 4.78 is 0. The Morgan fingerprint density at radius 1 is 1.28 bits per heavy atom. The van der Waals surface area contributed by atoms with Gasteiger partial charge in [-0.2, -0.15) is 0 Å². The number of piperazine rings is 1. The predicted octanol–water partition coefficient (Wildman–Crippen LogP) is 2.18. The topological polar surface area (TPSA) is 36.4 Å². The molecule has 1 aliphatic heterocycles. The van der Waals surface area contributed by atoms with Gasteiger partial charge < -0.3 is 4.90 Å². The number of thiazole rings is 1. The van der Waals surface area contributed by atoms with Crippen LogP contribution in [0.15, 0.2) is 0 Å². The minimum atomic E-state index is 0.122. The summed E-state index contributed by atoms with van der Waals surface area (Å²) in [6, 6.07) is 0.609. The number of aryl methyl sites for hydroxylation is 1. The summed E-state index contributed by atoms with van der Waals surface area (Å²) in [6.07, 6.45) is 0. The maximum atomic E-state index is 11.4. The number of carbonyl (C=O) groups is 1. The number of anilines is 1. The molecule has 1 fully saturated rings. The van der Waals surface area contributed by atoms with E-state index in [2.05, 4.69) is 28.6 Å². The maximum absolute atomic E-state index is 11.4. The average Bonchev–Trinajstić information content (AvgIpc) is 2.71. The Balaban J connectivity index is 2.06. The van der Waals surface area contributed by atoms with Gasteiger partial charge in [-0.1, -0.05) is 11.3 Å². The first kappa shape index (κ1) is 13.5. The van der Waals surface area contributed by atoms with Gasteiger partial charge in [-0.15, -0.1) is 0 Å². The molecule has 0 amide bonds. The van der Waals surface area contributed by atoms with Gasteiger partial charge in [-0.25, -0.2) is 4.98 Å². The van der Waals surface area contributed by atoms with Crippen molar-refractivity contribution in [3.8, 4) is 0 Å². The Hall–Kier alpha value is -0.940. The van der Waals surface area contributed by atoms with E-state index in [0.717, 1.165) is 41.9 Å². The highest BCUT2D eigenvalue weighted by atomic mass is 32.1. The minimum absolute atomic E-state index is 0.122. The summed E-state index contributed by atoms with van der Waals surface area (Å²) in [6.45, 7) is 12.2. The van der Waals surface area contributed by atoms with Crippen molar-refractivity contribution in [2.45, 2.75) is 33.7 Å². The van der Waals surface area contributed by atoms with Gasteiger partial charge in [0.25, 0.3) is 0 Å². The molecule has 0 unspecified atom stereocenters. The number of Topliss-reactive ketones (excluding diaryl/α,β-unsaturated/α-hetero) is 1. The van der Waals surface area contributed by atoms with Crippen LogP contribution >= 0.6 is 11.3 Å². The lowest BCUT2D eigenvalue weighted by molar-refractivity contribution is 0.102. The van der Waals surface area contributed by atoms with Gasteiger partial charge in [0.15, 0.2) is 10.9 Å². The Kier molecular flexibility index (Phi) is 4.02. The van der Waals surface area contributed by atoms with E-state index in [4.69, 9.17) is 0 Å². The standard InChI is InChI=1S/C13H21N3OS/c1-9(2)15-5-7-16(8-6-15)13-14-10(3)12(18-13)11(4)17/h9H,5-8H2,1-4H3. The summed E-state index contributed by atoms with van der Waals surface area (Å²) >= 11 is 1.53. The zero-order valence-corrected chi connectivity index (χ0v) is 12.4.